The van der Waals surface area contributed by atoms with Crippen molar-refractivity contribution < 1.29 is 50.2 Å². The van der Waals surface area contributed by atoms with Crippen molar-refractivity contribution in [2.24, 2.45) is 11.8 Å². The molecule has 3 unspecified atom stereocenters. The summed E-state index contributed by atoms with van der Waals surface area (Å²) in [5.41, 5.74) is 1.82. The van der Waals surface area contributed by atoms with Crippen molar-refractivity contribution in [2.45, 2.75) is 124 Å². The average Bonchev–Trinajstić information content (AvgIpc) is 4.40. The largest absolute Gasteiger partial charge is 0.476 e. The zero-order chi connectivity index (χ0) is 55.7. The minimum atomic E-state index is -2.82. The molecule has 3 saturated carbocycles. The van der Waals surface area contributed by atoms with Gasteiger partial charge in [-0.15, -0.1) is 20.4 Å². The van der Waals surface area contributed by atoms with Gasteiger partial charge in [0.05, 0.1) is 42.1 Å². The Bertz CT molecular complexity index is 2640. The van der Waals surface area contributed by atoms with Crippen molar-refractivity contribution >= 4 is 53.0 Å². The first-order valence-corrected chi connectivity index (χ1v) is 27.1. The first-order chi connectivity index (χ1) is 37.4. The van der Waals surface area contributed by atoms with E-state index in [9.17, 15) is 40.7 Å². The second-order valence-electron chi connectivity index (χ2n) is 20.1. The zero-order valence-corrected chi connectivity index (χ0v) is 45.0. The van der Waals surface area contributed by atoms with E-state index in [1.807, 2.05) is 0 Å². The van der Waals surface area contributed by atoms with Gasteiger partial charge in [0.1, 0.15) is 0 Å². The predicted octanol–water partition coefficient (Wildman–Crippen LogP) is 9.79. The van der Waals surface area contributed by atoms with Crippen molar-refractivity contribution in [3.05, 3.63) is 115 Å². The lowest BCUT2D eigenvalue weighted by atomic mass is 9.81. The molecule has 16 nitrogen and oxygen atoms in total. The van der Waals surface area contributed by atoms with Gasteiger partial charge in [-0.1, -0.05) is 22.4 Å². The average molecular weight is 1150 g/mol. The molecule has 417 valence electrons. The molecule has 5 fully saturated rings. The lowest BCUT2D eigenvalue weighted by Crippen LogP contribution is -2.52. The summed E-state index contributed by atoms with van der Waals surface area (Å²) < 4.78 is 94.7. The molecule has 24 heteroatoms. The minimum Gasteiger partial charge on any atom is -0.476 e. The lowest BCUT2D eigenvalue weighted by molar-refractivity contribution is -0.125. The molecule has 2 aliphatic heterocycles. The highest BCUT2D eigenvalue weighted by Crippen LogP contribution is 2.45. The van der Waals surface area contributed by atoms with Crippen LogP contribution < -0.4 is 20.1 Å². The molecule has 0 bridgehead atoms. The summed E-state index contributed by atoms with van der Waals surface area (Å²) in [7, 11) is 1.32. The maximum Gasteiger partial charge on any atom is 0.293 e. The second-order valence-corrected chi connectivity index (χ2v) is 21.5. The molecular weight excluding hydrogens is 1090 g/mol. The number of halogens is 7. The highest BCUT2D eigenvalue weighted by Gasteiger charge is 2.47. The van der Waals surface area contributed by atoms with Gasteiger partial charge in [-0.05, 0) is 143 Å². The summed E-state index contributed by atoms with van der Waals surface area (Å²) >= 11 is 3.17. The monoisotopic (exact) mass is 1150 g/mol. The van der Waals surface area contributed by atoms with E-state index in [0.717, 1.165) is 12.0 Å². The van der Waals surface area contributed by atoms with Crippen LogP contribution in [0.15, 0.2) is 97.8 Å². The summed E-state index contributed by atoms with van der Waals surface area (Å²) in [4.78, 5) is 49.1. The molecule has 2 amide bonds. The van der Waals surface area contributed by atoms with Crippen molar-refractivity contribution in [3.8, 4) is 11.8 Å². The van der Waals surface area contributed by atoms with E-state index in [2.05, 4.69) is 61.9 Å². The Hall–Kier alpha value is -6.14. The molecule has 2 N–H and O–H groups in total. The number of rotatable bonds is 16. The Balaban J connectivity index is 0.000000159. The van der Waals surface area contributed by atoms with Gasteiger partial charge < -0.3 is 29.7 Å². The second kappa shape index (κ2) is 28.1. The van der Waals surface area contributed by atoms with Gasteiger partial charge in [0.25, 0.3) is 25.2 Å². The fourth-order valence-electron chi connectivity index (χ4n) is 8.94. The number of amides is 2. The third kappa shape index (κ3) is 18.2. The quantitative estimate of drug-likeness (QED) is 0.0411. The van der Waals surface area contributed by atoms with Crippen LogP contribution >= 0.6 is 15.9 Å². The van der Waals surface area contributed by atoms with Crippen LogP contribution in [0, 0.1) is 11.8 Å². The van der Waals surface area contributed by atoms with Crippen LogP contribution in [-0.2, 0) is 14.4 Å². The number of hydrogen-bond donors (Lipinski definition) is 2. The summed E-state index contributed by atoms with van der Waals surface area (Å²) in [6.45, 7) is 5.41. The fourth-order valence-corrected chi connectivity index (χ4v) is 9.06. The Morgan fingerprint density at radius 3 is 1.50 bits per heavy atom. The molecule has 5 aromatic heterocycles. The Kier molecular flexibility index (Phi) is 21.5. The van der Waals surface area contributed by atoms with Gasteiger partial charge in [0, 0.05) is 87.6 Å². The maximum absolute atomic E-state index is 14.5. The van der Waals surface area contributed by atoms with Crippen LogP contribution in [0.25, 0.3) is 0 Å². The molecule has 0 spiro atoms. The SMILES string of the molecule is C[C@@H](Br)C(=O)Nc1ccc(OCC2CC2)nn1.C[C@@H](C(=O)Nc1ccc(OCC2CC2)nn1)N1CCC(F)(F)C(c2ccncc2)C1.FC1(F)CCCCC1c1ccncc1.O=C[B]N1CCC(F)(F)C(c2ccncc2)C1. The van der Waals surface area contributed by atoms with Gasteiger partial charge in [-0.25, -0.2) is 26.3 Å². The van der Waals surface area contributed by atoms with Crippen molar-refractivity contribution in [2.75, 3.05) is 50.0 Å². The molecule has 3 aliphatic carbocycles. The van der Waals surface area contributed by atoms with Crippen molar-refractivity contribution in [1.29, 1.82) is 0 Å². The van der Waals surface area contributed by atoms with E-state index in [0.29, 0.717) is 78.6 Å². The number of alkyl halides is 7. The first kappa shape index (κ1) is 59.5. The third-order valence-electron chi connectivity index (χ3n) is 14.1. The zero-order valence-electron chi connectivity index (χ0n) is 43.5. The molecule has 5 atom stereocenters. The highest BCUT2D eigenvalue weighted by atomic mass is 79.9. The van der Waals surface area contributed by atoms with Gasteiger partial charge >= 0.3 is 0 Å². The van der Waals surface area contributed by atoms with Crippen LogP contribution in [-0.4, -0.2) is 139 Å². The Morgan fingerprint density at radius 2 is 1.06 bits per heavy atom. The summed E-state index contributed by atoms with van der Waals surface area (Å²) in [6, 6.07) is 15.9. The van der Waals surface area contributed by atoms with Crippen molar-refractivity contribution in [1.82, 2.24) is 45.1 Å². The predicted molar refractivity (Wildman–Crippen MR) is 285 cm³/mol. The maximum atomic E-state index is 14.5. The topological polar surface area (TPSA) is 190 Å². The van der Waals surface area contributed by atoms with Gasteiger partial charge in [-0.3, -0.25) is 29.4 Å². The molecule has 78 heavy (non-hydrogen) atoms. The van der Waals surface area contributed by atoms with E-state index >= 15 is 0 Å². The lowest BCUT2D eigenvalue weighted by Gasteiger charge is -2.40. The number of carbonyl (C=O) groups is 3. The molecule has 0 aromatic carbocycles. The molecular formula is C54H64BBrF6N11O5. The number of carbonyl (C=O) groups excluding carboxylic acids is 3. The number of aromatic nitrogens is 7. The van der Waals surface area contributed by atoms with E-state index < -0.39 is 41.6 Å². The number of pyridine rings is 3. The molecule has 10 rings (SSSR count). The standard InChI is InChI=1S/C21H25F2N5O2.C11H12BF2N2O.C11H14BrN3O2.C11H13F2N/c1-14(20(29)25-18-4-5-19(27-26-18)30-13-15-2-3-15)28-11-8-21(22,23)17(12-28)16-6-9-24-10-7-16;13-11(14)3-6-16(12-8-17)7-10(11)9-1-4-15-5-2-9;1-7(12)11(16)13-9-4-5-10(15-14-9)17-6-8-2-3-8;12-11(13)6-2-1-3-10(11)9-4-7-14-8-5-9/h4-7,9-10,14-15,17H,2-3,8,11-13H2,1H3,(H,25,26,29);1-2,4-5,8,10H,3,6-7H2;4-5,7-8H,2-3,6H2,1H3,(H,13,14,16);4-5,7-8,10H,1-3,6H2/t14-,17?;;7-;/m0.1./s1. The van der Waals surface area contributed by atoms with Gasteiger partial charge in [-0.2, -0.15) is 0 Å². The molecule has 7 heterocycles. The molecule has 5 aliphatic rings. The normalized spacial score (nSPS) is 22.1. The number of piperidine rings is 2. The van der Waals surface area contributed by atoms with Crippen LogP contribution in [0.3, 0.4) is 0 Å². The molecule has 1 radical (unpaired) electrons. The van der Waals surface area contributed by atoms with E-state index in [4.69, 9.17) is 9.47 Å². The Labute approximate surface area is 459 Å². The molecule has 2 saturated heterocycles. The van der Waals surface area contributed by atoms with Crippen LogP contribution in [0.2, 0.25) is 0 Å². The van der Waals surface area contributed by atoms with Crippen LogP contribution in [0.5, 0.6) is 11.8 Å². The van der Waals surface area contributed by atoms with Crippen LogP contribution in [0.4, 0.5) is 38.0 Å². The number of nitrogens with zero attached hydrogens (tertiary/aromatic N) is 9. The van der Waals surface area contributed by atoms with E-state index in [1.165, 1.54) is 57.9 Å². The van der Waals surface area contributed by atoms with E-state index in [1.54, 1.807) is 96.6 Å². The fraction of sp³-hybridized carbons (Fsp3) is 0.519. The summed E-state index contributed by atoms with van der Waals surface area (Å²) in [5, 5.41) is 21.0. The third-order valence-corrected chi connectivity index (χ3v) is 14.5. The number of hydrogen-bond acceptors (Lipinski definition) is 14. The van der Waals surface area contributed by atoms with Gasteiger partial charge in [0.2, 0.25) is 23.6 Å². The molecule has 5 aromatic rings. The highest BCUT2D eigenvalue weighted by molar-refractivity contribution is 9.10. The minimum absolute atomic E-state index is 0.0278. The number of likely N-dealkylation sites (tertiary alicyclic amines) is 1. The first-order valence-electron chi connectivity index (χ1n) is 26.2. The number of nitrogens with one attached hydrogen (secondary N) is 2. The van der Waals surface area contributed by atoms with Gasteiger partial charge in [0.15, 0.2) is 11.6 Å². The number of ether oxygens (including phenoxy) is 2. The Morgan fingerprint density at radius 1 is 0.615 bits per heavy atom. The van der Waals surface area contributed by atoms with Crippen molar-refractivity contribution in [3.63, 3.8) is 0 Å². The summed E-state index contributed by atoms with van der Waals surface area (Å²) in [5.74, 6) is -8.04. The summed E-state index contributed by atoms with van der Waals surface area (Å²) in [6.07, 6.45) is 16.3. The smallest absolute Gasteiger partial charge is 0.293 e. The van der Waals surface area contributed by atoms with Crippen LogP contribution in [0.1, 0.15) is 112 Å². The van der Waals surface area contributed by atoms with E-state index in [-0.39, 0.29) is 62.1 Å². The number of anilines is 2.